The van der Waals surface area contributed by atoms with Crippen LogP contribution in [0, 0.1) is 0 Å². The SMILES string of the molecule is CCCc1nn(C)c2c(=O)[nH]c(-c3cc(S(=O)(=O)N4C[C@@H](C)N(C)[C@@H](C)C4)ccc3OCC)nc12.O=S(=O)(O)c1ccccc1. The molecule has 0 amide bonds. The lowest BCUT2D eigenvalue weighted by atomic mass is 10.1. The first-order chi connectivity index (χ1) is 21.2. The fourth-order valence-electron chi connectivity index (χ4n) is 5.21. The summed E-state index contributed by atoms with van der Waals surface area (Å²) in [5.41, 5.74) is 1.73. The fourth-order valence-corrected chi connectivity index (χ4v) is 7.34. The first-order valence-corrected chi connectivity index (χ1v) is 17.5. The largest absolute Gasteiger partial charge is 0.493 e. The Bertz CT molecular complexity index is 1910. The summed E-state index contributed by atoms with van der Waals surface area (Å²) in [7, 11) is -4.04. The van der Waals surface area contributed by atoms with E-state index in [0.717, 1.165) is 12.1 Å². The minimum absolute atomic E-state index is 0.0741. The van der Waals surface area contributed by atoms with E-state index >= 15 is 0 Å². The van der Waals surface area contributed by atoms with Crippen LogP contribution >= 0.6 is 0 Å². The zero-order valence-corrected chi connectivity index (χ0v) is 27.9. The van der Waals surface area contributed by atoms with Crippen LogP contribution < -0.4 is 10.3 Å². The van der Waals surface area contributed by atoms with Crippen molar-refractivity contribution in [1.82, 2.24) is 29.0 Å². The van der Waals surface area contributed by atoms with Crippen molar-refractivity contribution in [3.8, 4) is 17.1 Å². The number of H-pyrrole nitrogens is 1. The van der Waals surface area contributed by atoms with E-state index in [2.05, 4.69) is 15.0 Å². The number of rotatable bonds is 8. The molecular formula is C30H40N6O7S2. The van der Waals surface area contributed by atoms with Crippen molar-refractivity contribution in [2.45, 2.75) is 62.4 Å². The van der Waals surface area contributed by atoms with Gasteiger partial charge in [-0.2, -0.15) is 17.8 Å². The van der Waals surface area contributed by atoms with E-state index in [-0.39, 0.29) is 33.3 Å². The van der Waals surface area contributed by atoms with Crippen molar-refractivity contribution in [2.24, 2.45) is 7.05 Å². The van der Waals surface area contributed by atoms with Crippen LogP contribution in [-0.4, -0.2) is 89.2 Å². The van der Waals surface area contributed by atoms with Gasteiger partial charge in [0.15, 0.2) is 5.52 Å². The minimum atomic E-state index is -4.00. The van der Waals surface area contributed by atoms with Gasteiger partial charge in [-0.05, 0) is 64.6 Å². The number of aromatic nitrogens is 4. The van der Waals surface area contributed by atoms with Gasteiger partial charge >= 0.3 is 0 Å². The number of sulfonamides is 1. The number of nitrogens with one attached hydrogen (secondary N) is 1. The topological polar surface area (TPSA) is 168 Å². The summed E-state index contributed by atoms with van der Waals surface area (Å²) >= 11 is 0. The lowest BCUT2D eigenvalue weighted by molar-refractivity contribution is 0.105. The number of benzene rings is 2. The first-order valence-electron chi connectivity index (χ1n) is 14.7. The van der Waals surface area contributed by atoms with Gasteiger partial charge in [0, 0.05) is 32.2 Å². The molecule has 4 aromatic rings. The van der Waals surface area contributed by atoms with E-state index in [0.29, 0.717) is 48.5 Å². The highest BCUT2D eigenvalue weighted by molar-refractivity contribution is 7.89. The second-order valence-corrected chi connectivity index (χ2v) is 14.4. The number of nitrogens with zero attached hydrogens (tertiary/aromatic N) is 5. The van der Waals surface area contributed by atoms with Crippen LogP contribution in [-0.2, 0) is 33.6 Å². The molecule has 15 heteroatoms. The maximum atomic E-state index is 13.6. The smallest absolute Gasteiger partial charge is 0.294 e. The highest BCUT2D eigenvalue weighted by atomic mass is 32.2. The van der Waals surface area contributed by atoms with Gasteiger partial charge in [0.2, 0.25) is 10.0 Å². The Balaban J connectivity index is 0.000000392. The normalized spacial score (nSPS) is 18.0. The molecule has 1 fully saturated rings. The van der Waals surface area contributed by atoms with Crippen molar-refractivity contribution < 1.29 is 26.1 Å². The molecule has 3 heterocycles. The number of aromatic amines is 1. The molecule has 2 aromatic carbocycles. The number of ether oxygens (including phenoxy) is 1. The molecule has 2 aromatic heterocycles. The maximum Gasteiger partial charge on any atom is 0.294 e. The summed E-state index contributed by atoms with van der Waals surface area (Å²) in [4.78, 5) is 22.8. The molecule has 1 saturated heterocycles. The van der Waals surface area contributed by atoms with E-state index < -0.39 is 20.1 Å². The maximum absolute atomic E-state index is 13.6. The Kier molecular flexibility index (Phi) is 10.5. The van der Waals surface area contributed by atoms with Crippen LogP contribution in [0.3, 0.4) is 0 Å². The highest BCUT2D eigenvalue weighted by Gasteiger charge is 2.35. The van der Waals surface area contributed by atoms with Crippen LogP contribution in [0.5, 0.6) is 5.75 Å². The fraction of sp³-hybridized carbons (Fsp3) is 0.433. The summed E-state index contributed by atoms with van der Waals surface area (Å²) in [6.07, 6.45) is 1.54. The monoisotopic (exact) mass is 660 g/mol. The summed E-state index contributed by atoms with van der Waals surface area (Å²) in [5.74, 6) is 0.712. The van der Waals surface area contributed by atoms with E-state index in [4.69, 9.17) is 14.3 Å². The zero-order valence-electron chi connectivity index (χ0n) is 26.3. The Morgan fingerprint density at radius 2 is 1.62 bits per heavy atom. The number of piperazine rings is 1. The van der Waals surface area contributed by atoms with Gasteiger partial charge in [0.1, 0.15) is 17.1 Å². The van der Waals surface area contributed by atoms with Gasteiger partial charge in [0.25, 0.3) is 15.7 Å². The summed E-state index contributed by atoms with van der Waals surface area (Å²) < 4.78 is 65.3. The molecule has 0 bridgehead atoms. The number of aryl methyl sites for hydroxylation is 2. The number of hydrogen-bond donors (Lipinski definition) is 2. The third-order valence-electron chi connectivity index (χ3n) is 7.76. The molecule has 0 aliphatic carbocycles. The quantitative estimate of drug-likeness (QED) is 0.268. The van der Waals surface area contributed by atoms with Gasteiger partial charge in [-0.15, -0.1) is 0 Å². The predicted octanol–water partition coefficient (Wildman–Crippen LogP) is 3.32. The summed E-state index contributed by atoms with van der Waals surface area (Å²) in [5, 5.41) is 4.47. The van der Waals surface area contributed by atoms with Crippen LogP contribution in [0.25, 0.3) is 22.4 Å². The van der Waals surface area contributed by atoms with Gasteiger partial charge in [-0.25, -0.2) is 13.4 Å². The third-order valence-corrected chi connectivity index (χ3v) is 10.5. The van der Waals surface area contributed by atoms with Crippen LogP contribution in [0.4, 0.5) is 0 Å². The summed E-state index contributed by atoms with van der Waals surface area (Å²) in [6, 6.07) is 12.4. The molecule has 2 N–H and O–H groups in total. The molecule has 45 heavy (non-hydrogen) atoms. The molecule has 0 radical (unpaired) electrons. The van der Waals surface area contributed by atoms with E-state index in [1.165, 1.54) is 21.1 Å². The van der Waals surface area contributed by atoms with Crippen LogP contribution in [0.2, 0.25) is 0 Å². The Hall–Kier alpha value is -3.63. The molecule has 2 atom stereocenters. The van der Waals surface area contributed by atoms with Gasteiger partial charge < -0.3 is 9.72 Å². The average molecular weight is 661 g/mol. The second-order valence-electron chi connectivity index (χ2n) is 11.0. The Labute approximate surface area is 263 Å². The highest BCUT2D eigenvalue weighted by Crippen LogP contribution is 2.33. The lowest BCUT2D eigenvalue weighted by Gasteiger charge is -2.41. The molecule has 244 valence electrons. The van der Waals surface area contributed by atoms with E-state index in [9.17, 15) is 21.6 Å². The molecular weight excluding hydrogens is 620 g/mol. The van der Waals surface area contributed by atoms with Gasteiger partial charge in [-0.3, -0.25) is 18.9 Å². The molecule has 0 unspecified atom stereocenters. The second kappa shape index (κ2) is 13.8. The van der Waals surface area contributed by atoms with E-state index in [1.54, 1.807) is 43.4 Å². The zero-order chi connectivity index (χ0) is 33.1. The van der Waals surface area contributed by atoms with Crippen molar-refractivity contribution in [3.05, 3.63) is 64.6 Å². The molecule has 1 aliphatic heterocycles. The van der Waals surface area contributed by atoms with E-state index in [1.807, 2.05) is 34.7 Å². The predicted molar refractivity (Wildman–Crippen MR) is 171 cm³/mol. The molecule has 0 saturated carbocycles. The molecule has 1 aliphatic rings. The van der Waals surface area contributed by atoms with Crippen molar-refractivity contribution in [2.75, 3.05) is 26.7 Å². The van der Waals surface area contributed by atoms with Crippen LogP contribution in [0.15, 0.2) is 63.1 Å². The average Bonchev–Trinajstić information content (AvgIpc) is 3.31. The van der Waals surface area contributed by atoms with Gasteiger partial charge in [0.05, 0.1) is 27.7 Å². The van der Waals surface area contributed by atoms with Crippen LogP contribution in [0.1, 0.15) is 39.8 Å². The first kappa shape index (κ1) is 34.2. The van der Waals surface area contributed by atoms with Crippen molar-refractivity contribution in [1.29, 1.82) is 0 Å². The Morgan fingerprint density at radius 3 is 2.18 bits per heavy atom. The lowest BCUT2D eigenvalue weighted by Crippen LogP contribution is -2.56. The van der Waals surface area contributed by atoms with Crippen molar-refractivity contribution >= 4 is 31.2 Å². The Morgan fingerprint density at radius 1 is 0.978 bits per heavy atom. The molecule has 0 spiro atoms. The standard InChI is InChI=1S/C24H34N6O4S.C6H6O3S/c1-7-9-19-21-22(29(6)27-19)24(31)26-23(25-21)18-12-17(10-11-20(18)34-8-2)35(32,33)30-13-15(3)28(5)16(4)14-30;7-10(8,9)6-4-2-1-3-5-6/h10-12,15-16H,7-9,13-14H2,1-6H3,(H,25,26,31);1-5H,(H,7,8,9)/t15-,16+;. The van der Waals surface area contributed by atoms with Crippen molar-refractivity contribution in [3.63, 3.8) is 0 Å². The number of fused-ring (bicyclic) bond motifs is 1. The third kappa shape index (κ3) is 7.44. The minimum Gasteiger partial charge on any atom is -0.493 e. The molecule has 13 nitrogen and oxygen atoms in total. The van der Waals surface area contributed by atoms with Gasteiger partial charge in [-0.1, -0.05) is 31.5 Å². The molecule has 5 rings (SSSR count). The number of hydrogen-bond acceptors (Lipinski definition) is 9. The summed E-state index contributed by atoms with van der Waals surface area (Å²) in [6.45, 7) is 9.12. The number of likely N-dealkylation sites (N-methyl/N-ethyl adjacent to an activating group) is 1.